The fraction of sp³-hybridized carbons (Fsp3) is 0.444. The second-order valence-electron chi connectivity index (χ2n) is 6.65. The van der Waals surface area contributed by atoms with Gasteiger partial charge in [-0.05, 0) is 31.2 Å². The first kappa shape index (κ1) is 19.6. The van der Waals surface area contributed by atoms with Gasteiger partial charge in [0.05, 0.1) is 25.3 Å². The number of amides is 1. The average Bonchev–Trinajstić information content (AvgIpc) is 3.31. The number of ether oxygens (including phenoxy) is 1. The van der Waals surface area contributed by atoms with E-state index in [9.17, 15) is 9.59 Å². The number of halogens is 1. The summed E-state index contributed by atoms with van der Waals surface area (Å²) in [6.45, 7) is 4.70. The van der Waals surface area contributed by atoms with Gasteiger partial charge in [-0.2, -0.15) is 4.98 Å². The lowest BCUT2D eigenvalue weighted by atomic mass is 10.3. The molecule has 1 aromatic carbocycles. The number of nitrogens with zero attached hydrogens (tertiary/aromatic N) is 4. The smallest absolute Gasteiger partial charge is 0.408 e. The molecule has 4 rings (SSSR count). The Morgan fingerprint density at radius 3 is 2.93 bits per heavy atom. The minimum Gasteiger partial charge on any atom is -0.408 e. The van der Waals surface area contributed by atoms with Crippen LogP contribution in [-0.4, -0.2) is 64.9 Å². The van der Waals surface area contributed by atoms with Crippen LogP contribution in [-0.2, 0) is 11.3 Å². The molecule has 1 aliphatic heterocycles. The maximum absolute atomic E-state index is 12.2. The van der Waals surface area contributed by atoms with Crippen LogP contribution in [0.2, 0.25) is 5.02 Å². The highest BCUT2D eigenvalue weighted by Gasteiger charge is 2.18. The molecule has 2 aromatic heterocycles. The molecule has 3 heterocycles. The van der Waals surface area contributed by atoms with Crippen LogP contribution in [0, 0.1) is 0 Å². The Hall–Kier alpha value is -2.69. The van der Waals surface area contributed by atoms with E-state index in [1.54, 1.807) is 18.2 Å². The zero-order valence-electron chi connectivity index (χ0n) is 15.6. The molecule has 10 nitrogen and oxygen atoms in total. The number of hydrogen-bond donors (Lipinski definition) is 1. The molecule has 1 N–H and O–H groups in total. The Kier molecular flexibility index (Phi) is 5.93. The highest BCUT2D eigenvalue weighted by Crippen LogP contribution is 2.19. The number of carbonyl (C=O) groups excluding carboxylic acids is 1. The molecule has 0 saturated carbocycles. The van der Waals surface area contributed by atoms with E-state index < -0.39 is 11.7 Å². The molecule has 1 amide bonds. The van der Waals surface area contributed by atoms with E-state index in [4.69, 9.17) is 25.3 Å². The summed E-state index contributed by atoms with van der Waals surface area (Å²) >= 11 is 5.99. The van der Waals surface area contributed by atoms with Gasteiger partial charge in [-0.25, -0.2) is 4.79 Å². The van der Waals surface area contributed by atoms with Crippen LogP contribution in [0.15, 0.2) is 31.9 Å². The predicted molar refractivity (Wildman–Crippen MR) is 103 cm³/mol. The maximum Gasteiger partial charge on any atom is 0.420 e. The Morgan fingerprint density at radius 1 is 1.28 bits per heavy atom. The number of oxazole rings is 1. The summed E-state index contributed by atoms with van der Waals surface area (Å²) in [6.07, 6.45) is 0.809. The monoisotopic (exact) mass is 421 g/mol. The lowest BCUT2D eigenvalue weighted by Gasteiger charge is -2.26. The van der Waals surface area contributed by atoms with Crippen LogP contribution < -0.4 is 11.1 Å². The molecule has 0 bridgehead atoms. The van der Waals surface area contributed by atoms with Gasteiger partial charge in [0, 0.05) is 24.7 Å². The van der Waals surface area contributed by atoms with Crippen LogP contribution in [0.5, 0.6) is 0 Å². The zero-order valence-corrected chi connectivity index (χ0v) is 16.4. The molecule has 0 spiro atoms. The van der Waals surface area contributed by atoms with Gasteiger partial charge in [0.15, 0.2) is 11.4 Å². The number of morpholine rings is 1. The number of benzene rings is 1. The van der Waals surface area contributed by atoms with Crippen molar-refractivity contribution in [3.63, 3.8) is 0 Å². The lowest BCUT2D eigenvalue weighted by molar-refractivity contribution is 0.0374. The summed E-state index contributed by atoms with van der Waals surface area (Å²) in [5.74, 6) is -0.974. The first-order chi connectivity index (χ1) is 14.1. The van der Waals surface area contributed by atoms with E-state index in [0.29, 0.717) is 22.7 Å². The van der Waals surface area contributed by atoms with E-state index >= 15 is 0 Å². The number of fused-ring (bicyclic) bond motifs is 1. The Labute approximate surface area is 170 Å². The molecule has 0 aliphatic carbocycles. The van der Waals surface area contributed by atoms with Gasteiger partial charge in [-0.15, -0.1) is 0 Å². The van der Waals surface area contributed by atoms with Crippen LogP contribution in [0.25, 0.3) is 11.1 Å². The van der Waals surface area contributed by atoms with Crippen molar-refractivity contribution in [2.45, 2.75) is 13.0 Å². The average molecular weight is 422 g/mol. The van der Waals surface area contributed by atoms with Gasteiger partial charge in [-0.3, -0.25) is 14.3 Å². The fourth-order valence-corrected chi connectivity index (χ4v) is 3.31. The van der Waals surface area contributed by atoms with Gasteiger partial charge >= 0.3 is 17.6 Å². The molecule has 29 heavy (non-hydrogen) atoms. The van der Waals surface area contributed by atoms with Crippen LogP contribution in [0.3, 0.4) is 0 Å². The van der Waals surface area contributed by atoms with E-state index in [-0.39, 0.29) is 18.3 Å². The number of carbonyl (C=O) groups is 1. The lowest BCUT2D eigenvalue weighted by Crippen LogP contribution is -2.38. The van der Waals surface area contributed by atoms with Crippen molar-refractivity contribution in [3.05, 3.63) is 45.5 Å². The second kappa shape index (κ2) is 8.76. The van der Waals surface area contributed by atoms with Gasteiger partial charge in [0.25, 0.3) is 0 Å². The summed E-state index contributed by atoms with van der Waals surface area (Å²) in [4.78, 5) is 30.6. The highest BCUT2D eigenvalue weighted by atomic mass is 35.5. The van der Waals surface area contributed by atoms with Crippen LogP contribution in [0.4, 0.5) is 0 Å². The zero-order chi connectivity index (χ0) is 20.2. The van der Waals surface area contributed by atoms with E-state index in [1.807, 2.05) is 0 Å². The van der Waals surface area contributed by atoms with Crippen LogP contribution >= 0.6 is 11.6 Å². The normalized spacial score (nSPS) is 15.1. The molecule has 11 heteroatoms. The van der Waals surface area contributed by atoms with Gasteiger partial charge in [0.1, 0.15) is 0 Å². The Bertz CT molecular complexity index is 1050. The van der Waals surface area contributed by atoms with Crippen molar-refractivity contribution in [1.29, 1.82) is 0 Å². The predicted octanol–water partition coefficient (Wildman–Crippen LogP) is 1.13. The van der Waals surface area contributed by atoms with Crippen molar-refractivity contribution >= 4 is 28.6 Å². The highest BCUT2D eigenvalue weighted by molar-refractivity contribution is 6.31. The molecule has 1 fully saturated rings. The summed E-state index contributed by atoms with van der Waals surface area (Å²) < 4.78 is 16.8. The minimum absolute atomic E-state index is 0.0000133. The number of aromatic nitrogens is 3. The van der Waals surface area contributed by atoms with Crippen molar-refractivity contribution in [2.75, 3.05) is 39.4 Å². The third kappa shape index (κ3) is 4.66. The van der Waals surface area contributed by atoms with E-state index in [2.05, 4.69) is 20.4 Å². The molecule has 154 valence electrons. The minimum atomic E-state index is -0.568. The van der Waals surface area contributed by atoms with E-state index in [1.165, 1.54) is 4.57 Å². The van der Waals surface area contributed by atoms with Crippen molar-refractivity contribution in [2.24, 2.45) is 0 Å². The number of rotatable bonds is 7. The molecule has 1 saturated heterocycles. The first-order valence-corrected chi connectivity index (χ1v) is 9.68. The van der Waals surface area contributed by atoms with Crippen molar-refractivity contribution < 1.29 is 18.5 Å². The van der Waals surface area contributed by atoms with Gasteiger partial charge < -0.3 is 19.0 Å². The second-order valence-corrected chi connectivity index (χ2v) is 7.08. The fourth-order valence-electron chi connectivity index (χ4n) is 3.14. The summed E-state index contributed by atoms with van der Waals surface area (Å²) in [5.41, 5.74) is 0.919. The first-order valence-electron chi connectivity index (χ1n) is 9.30. The molecule has 3 aromatic rings. The maximum atomic E-state index is 12.2. The van der Waals surface area contributed by atoms with Crippen molar-refractivity contribution in [1.82, 2.24) is 24.9 Å². The third-order valence-corrected chi connectivity index (χ3v) is 4.87. The molecule has 0 unspecified atom stereocenters. The topological polar surface area (TPSA) is 116 Å². The van der Waals surface area contributed by atoms with Gasteiger partial charge in [-0.1, -0.05) is 16.8 Å². The standard InChI is InChI=1S/C18H20ClN5O5/c19-12-2-3-14-13(10-12)24(18(26)28-14)11-15-21-17(29-22-15)16(25)20-4-1-5-23-6-8-27-9-7-23/h2-3,10H,1,4-9,11H2,(H,20,25). The third-order valence-electron chi connectivity index (χ3n) is 4.63. The quantitative estimate of drug-likeness (QED) is 0.564. The molecule has 1 aliphatic rings. The Balaban J connectivity index is 1.33. The summed E-state index contributed by atoms with van der Waals surface area (Å²) in [7, 11) is 0. The summed E-state index contributed by atoms with van der Waals surface area (Å²) in [6, 6.07) is 4.86. The Morgan fingerprint density at radius 2 is 2.10 bits per heavy atom. The summed E-state index contributed by atoms with van der Waals surface area (Å²) in [5, 5.41) is 7.01. The largest absolute Gasteiger partial charge is 0.420 e. The number of nitrogens with one attached hydrogen (secondary N) is 1. The van der Waals surface area contributed by atoms with E-state index in [0.717, 1.165) is 39.3 Å². The molecular formula is C18H20ClN5O5. The molecule has 0 atom stereocenters. The van der Waals surface area contributed by atoms with Gasteiger partial charge in [0.2, 0.25) is 0 Å². The SMILES string of the molecule is O=C(NCCCN1CCOCC1)c1nc(Cn2c(=O)oc3ccc(Cl)cc32)no1. The molecule has 0 radical (unpaired) electrons. The molecular weight excluding hydrogens is 402 g/mol. The van der Waals surface area contributed by atoms with Crippen molar-refractivity contribution in [3.8, 4) is 0 Å². The number of hydrogen-bond acceptors (Lipinski definition) is 8. The van der Waals surface area contributed by atoms with Crippen LogP contribution in [0.1, 0.15) is 22.9 Å².